The molecule has 2 N–H and O–H groups in total. The average Bonchev–Trinajstić information content (AvgIpc) is 2.98. The highest BCUT2D eigenvalue weighted by Crippen LogP contribution is 2.20. The van der Waals surface area contributed by atoms with Crippen molar-refractivity contribution in [2.24, 2.45) is 5.92 Å². The molecule has 5 nitrogen and oxygen atoms in total. The molecule has 0 radical (unpaired) electrons. The summed E-state index contributed by atoms with van der Waals surface area (Å²) in [4.78, 5) is 23.0. The van der Waals surface area contributed by atoms with Crippen molar-refractivity contribution in [3.8, 4) is 0 Å². The molecule has 1 aromatic rings. The van der Waals surface area contributed by atoms with E-state index in [0.717, 1.165) is 31.6 Å². The van der Waals surface area contributed by atoms with Crippen LogP contribution in [0.15, 0.2) is 30.3 Å². The molecule has 1 saturated heterocycles. The number of nitrogens with one attached hydrogen (secondary N) is 1. The van der Waals surface area contributed by atoms with Gasteiger partial charge in [0.25, 0.3) is 0 Å². The maximum atomic E-state index is 12.0. The van der Waals surface area contributed by atoms with Crippen molar-refractivity contribution in [3.05, 3.63) is 35.9 Å². The van der Waals surface area contributed by atoms with Crippen LogP contribution in [0, 0.1) is 5.92 Å². The van der Waals surface area contributed by atoms with Crippen LogP contribution >= 0.6 is 0 Å². The van der Waals surface area contributed by atoms with Crippen LogP contribution in [0.3, 0.4) is 0 Å². The number of ether oxygens (including phenoxy) is 1. The fourth-order valence-corrected chi connectivity index (χ4v) is 2.52. The van der Waals surface area contributed by atoms with Gasteiger partial charge in [-0.05, 0) is 24.3 Å². The fourth-order valence-electron chi connectivity index (χ4n) is 2.52. The fraction of sp³-hybridized carbons (Fsp3) is 0.500. The molecule has 0 spiro atoms. The third-order valence-electron chi connectivity index (χ3n) is 3.72. The van der Waals surface area contributed by atoms with Crippen LogP contribution in [-0.4, -0.2) is 30.2 Å². The smallest absolute Gasteiger partial charge is 0.305 e. The van der Waals surface area contributed by atoms with Crippen molar-refractivity contribution < 1.29 is 19.4 Å². The van der Waals surface area contributed by atoms with E-state index in [1.807, 2.05) is 30.3 Å². The molecule has 1 amide bonds. The molecular weight excluding hydrogens is 270 g/mol. The van der Waals surface area contributed by atoms with Crippen molar-refractivity contribution in [1.82, 2.24) is 5.32 Å². The first-order valence-corrected chi connectivity index (χ1v) is 7.29. The van der Waals surface area contributed by atoms with Gasteiger partial charge < -0.3 is 15.2 Å². The van der Waals surface area contributed by atoms with Crippen molar-refractivity contribution in [1.29, 1.82) is 0 Å². The summed E-state index contributed by atoms with van der Waals surface area (Å²) < 4.78 is 5.28. The molecule has 114 valence electrons. The number of carboxylic acids is 1. The van der Waals surface area contributed by atoms with Crippen LogP contribution in [0.5, 0.6) is 0 Å². The van der Waals surface area contributed by atoms with Crippen molar-refractivity contribution >= 4 is 11.9 Å². The Bertz CT molecular complexity index is 468. The average molecular weight is 291 g/mol. The highest BCUT2D eigenvalue weighted by atomic mass is 16.5. The third-order valence-corrected chi connectivity index (χ3v) is 3.72. The number of benzene rings is 1. The van der Waals surface area contributed by atoms with Crippen LogP contribution in [0.2, 0.25) is 0 Å². The van der Waals surface area contributed by atoms with Crippen molar-refractivity contribution in [2.75, 3.05) is 13.2 Å². The molecule has 1 aromatic carbocycles. The predicted octanol–water partition coefficient (Wildman–Crippen LogP) is 2.14. The van der Waals surface area contributed by atoms with Crippen LogP contribution in [0.1, 0.15) is 37.3 Å². The quantitative estimate of drug-likeness (QED) is 0.807. The van der Waals surface area contributed by atoms with Gasteiger partial charge in [0.05, 0.1) is 12.5 Å². The number of hydrogen-bond donors (Lipinski definition) is 2. The topological polar surface area (TPSA) is 75.6 Å². The number of carboxylic acid groups (broad SMARTS) is 1. The standard InChI is InChI=1S/C16H21NO4/c18-15(7-6-12-8-9-21-11-12)17-14(10-16(19)20)13-4-2-1-3-5-13/h1-5,12,14H,6-11H2,(H,17,18)(H,19,20). The van der Waals surface area contributed by atoms with Crippen LogP contribution < -0.4 is 5.32 Å². The molecule has 1 aliphatic rings. The van der Waals surface area contributed by atoms with Crippen molar-refractivity contribution in [2.45, 2.75) is 31.7 Å². The van der Waals surface area contributed by atoms with Gasteiger partial charge in [-0.2, -0.15) is 0 Å². The Kier molecular flexibility index (Phi) is 5.75. The first kappa shape index (κ1) is 15.5. The summed E-state index contributed by atoms with van der Waals surface area (Å²) in [5.41, 5.74) is 0.817. The lowest BCUT2D eigenvalue weighted by Crippen LogP contribution is -2.30. The Morgan fingerprint density at radius 2 is 2.10 bits per heavy atom. The minimum atomic E-state index is -0.923. The molecule has 1 aliphatic heterocycles. The lowest BCUT2D eigenvalue weighted by Gasteiger charge is -2.18. The zero-order chi connectivity index (χ0) is 15.1. The zero-order valence-electron chi connectivity index (χ0n) is 12.0. The van der Waals surface area contributed by atoms with Gasteiger partial charge in [-0.15, -0.1) is 0 Å². The van der Waals surface area contributed by atoms with E-state index in [1.54, 1.807) is 0 Å². The molecule has 2 unspecified atom stereocenters. The maximum Gasteiger partial charge on any atom is 0.305 e. The van der Waals surface area contributed by atoms with Gasteiger partial charge >= 0.3 is 5.97 Å². The summed E-state index contributed by atoms with van der Waals surface area (Å²) in [6.07, 6.45) is 2.10. The number of aliphatic carboxylic acids is 1. The normalized spacial score (nSPS) is 19.1. The van der Waals surface area contributed by atoms with Gasteiger partial charge in [0.15, 0.2) is 0 Å². The molecular formula is C16H21NO4. The van der Waals surface area contributed by atoms with E-state index >= 15 is 0 Å². The van der Waals surface area contributed by atoms with Gasteiger partial charge in [0, 0.05) is 19.6 Å². The highest BCUT2D eigenvalue weighted by Gasteiger charge is 2.20. The summed E-state index contributed by atoms with van der Waals surface area (Å²) in [5, 5.41) is 11.8. The largest absolute Gasteiger partial charge is 0.481 e. The van der Waals surface area contributed by atoms with E-state index in [0.29, 0.717) is 12.3 Å². The minimum Gasteiger partial charge on any atom is -0.481 e. The van der Waals surface area contributed by atoms with Crippen LogP contribution in [0.25, 0.3) is 0 Å². The monoisotopic (exact) mass is 291 g/mol. The molecule has 21 heavy (non-hydrogen) atoms. The molecule has 0 aliphatic carbocycles. The minimum absolute atomic E-state index is 0.1000. The Balaban J connectivity index is 1.88. The SMILES string of the molecule is O=C(O)CC(NC(=O)CCC1CCOC1)c1ccccc1. The number of carbonyl (C=O) groups is 2. The zero-order valence-corrected chi connectivity index (χ0v) is 12.0. The van der Waals surface area contributed by atoms with Gasteiger partial charge in [-0.3, -0.25) is 9.59 Å². The Hall–Kier alpha value is -1.88. The summed E-state index contributed by atoms with van der Waals surface area (Å²) >= 11 is 0. The Morgan fingerprint density at radius 1 is 1.33 bits per heavy atom. The van der Waals surface area contributed by atoms with E-state index in [2.05, 4.69) is 5.32 Å². The summed E-state index contributed by atoms with van der Waals surface area (Å²) in [6.45, 7) is 1.50. The van der Waals surface area contributed by atoms with E-state index in [9.17, 15) is 9.59 Å². The molecule has 0 aromatic heterocycles. The number of carbonyl (C=O) groups excluding carboxylic acids is 1. The summed E-state index contributed by atoms with van der Waals surface area (Å²) in [5.74, 6) is -0.573. The molecule has 2 atom stereocenters. The second-order valence-electron chi connectivity index (χ2n) is 5.40. The van der Waals surface area contributed by atoms with Gasteiger partial charge in [-0.25, -0.2) is 0 Å². The predicted molar refractivity (Wildman–Crippen MR) is 77.7 cm³/mol. The number of rotatable bonds is 7. The summed E-state index contributed by atoms with van der Waals surface area (Å²) in [6, 6.07) is 8.73. The number of amides is 1. The van der Waals surface area contributed by atoms with Crippen LogP contribution in [0.4, 0.5) is 0 Å². The number of hydrogen-bond acceptors (Lipinski definition) is 3. The van der Waals surface area contributed by atoms with Gasteiger partial charge in [0.1, 0.15) is 0 Å². The van der Waals surface area contributed by atoms with Gasteiger partial charge in [0.2, 0.25) is 5.91 Å². The van der Waals surface area contributed by atoms with E-state index in [-0.39, 0.29) is 12.3 Å². The van der Waals surface area contributed by atoms with Gasteiger partial charge in [-0.1, -0.05) is 30.3 Å². The molecule has 5 heteroatoms. The molecule has 0 bridgehead atoms. The first-order chi connectivity index (χ1) is 10.1. The lowest BCUT2D eigenvalue weighted by molar-refractivity contribution is -0.137. The summed E-state index contributed by atoms with van der Waals surface area (Å²) in [7, 11) is 0. The molecule has 2 rings (SSSR count). The second kappa shape index (κ2) is 7.78. The third kappa shape index (κ3) is 5.19. The molecule has 0 saturated carbocycles. The first-order valence-electron chi connectivity index (χ1n) is 7.29. The highest BCUT2D eigenvalue weighted by molar-refractivity contribution is 5.77. The van der Waals surface area contributed by atoms with Crippen LogP contribution in [-0.2, 0) is 14.3 Å². The van der Waals surface area contributed by atoms with E-state index in [1.165, 1.54) is 0 Å². The lowest BCUT2D eigenvalue weighted by atomic mass is 10.0. The maximum absolute atomic E-state index is 12.0. The molecule has 1 fully saturated rings. The van der Waals surface area contributed by atoms with E-state index < -0.39 is 12.0 Å². The Morgan fingerprint density at radius 3 is 2.71 bits per heavy atom. The van der Waals surface area contributed by atoms with Crippen molar-refractivity contribution in [3.63, 3.8) is 0 Å². The van der Waals surface area contributed by atoms with E-state index in [4.69, 9.17) is 9.84 Å². The second-order valence-corrected chi connectivity index (χ2v) is 5.40. The molecule has 1 heterocycles. The Labute approximate surface area is 124 Å².